The second-order valence-electron chi connectivity index (χ2n) is 4.61. The summed E-state index contributed by atoms with van der Waals surface area (Å²) in [5, 5.41) is 6.94. The SMILES string of the molecule is CC1CCNc2c(cccc2OC(C)C)N1. The van der Waals surface area contributed by atoms with Gasteiger partial charge in [0, 0.05) is 12.6 Å². The third-order valence-electron chi connectivity index (χ3n) is 2.67. The molecular weight excluding hydrogens is 200 g/mol. The molecule has 0 saturated carbocycles. The van der Waals surface area contributed by atoms with Crippen molar-refractivity contribution in [3.63, 3.8) is 0 Å². The fourth-order valence-corrected chi connectivity index (χ4v) is 1.94. The van der Waals surface area contributed by atoms with Crippen molar-refractivity contribution < 1.29 is 4.74 Å². The minimum atomic E-state index is 0.203. The predicted molar refractivity (Wildman–Crippen MR) is 68.4 cm³/mol. The van der Waals surface area contributed by atoms with Crippen LogP contribution in [0.25, 0.3) is 0 Å². The highest BCUT2D eigenvalue weighted by molar-refractivity contribution is 5.76. The van der Waals surface area contributed by atoms with Crippen molar-refractivity contribution in [2.45, 2.75) is 39.3 Å². The number of fused-ring (bicyclic) bond motifs is 1. The Kier molecular flexibility index (Phi) is 3.22. The van der Waals surface area contributed by atoms with Gasteiger partial charge in [0.2, 0.25) is 0 Å². The zero-order valence-electron chi connectivity index (χ0n) is 10.2. The van der Waals surface area contributed by atoms with Gasteiger partial charge >= 0.3 is 0 Å². The van der Waals surface area contributed by atoms with Crippen LogP contribution in [0.5, 0.6) is 5.75 Å². The van der Waals surface area contributed by atoms with Gasteiger partial charge in [0.05, 0.1) is 11.8 Å². The molecule has 88 valence electrons. The van der Waals surface area contributed by atoms with Gasteiger partial charge < -0.3 is 15.4 Å². The second kappa shape index (κ2) is 4.64. The lowest BCUT2D eigenvalue weighted by Gasteiger charge is -2.17. The van der Waals surface area contributed by atoms with Crippen molar-refractivity contribution in [1.29, 1.82) is 0 Å². The first-order valence-electron chi connectivity index (χ1n) is 5.97. The third kappa shape index (κ3) is 2.40. The summed E-state index contributed by atoms with van der Waals surface area (Å²) in [6.07, 6.45) is 1.32. The summed E-state index contributed by atoms with van der Waals surface area (Å²) < 4.78 is 5.80. The summed E-state index contributed by atoms with van der Waals surface area (Å²) in [5.74, 6) is 0.939. The van der Waals surface area contributed by atoms with Gasteiger partial charge in [-0.25, -0.2) is 0 Å². The van der Waals surface area contributed by atoms with E-state index in [1.54, 1.807) is 0 Å². The average Bonchev–Trinajstić information content (AvgIpc) is 2.38. The summed E-state index contributed by atoms with van der Waals surface area (Å²) in [6, 6.07) is 6.65. The van der Waals surface area contributed by atoms with Crippen LogP contribution in [-0.2, 0) is 0 Å². The van der Waals surface area contributed by atoms with Crippen LogP contribution in [0.3, 0.4) is 0 Å². The number of ether oxygens (including phenoxy) is 1. The first-order chi connectivity index (χ1) is 7.66. The van der Waals surface area contributed by atoms with Crippen molar-refractivity contribution in [2.75, 3.05) is 17.2 Å². The van der Waals surface area contributed by atoms with Crippen LogP contribution in [-0.4, -0.2) is 18.7 Å². The summed E-state index contributed by atoms with van der Waals surface area (Å²) in [6.45, 7) is 7.28. The second-order valence-corrected chi connectivity index (χ2v) is 4.61. The molecule has 0 fully saturated rings. The first kappa shape index (κ1) is 11.1. The zero-order valence-corrected chi connectivity index (χ0v) is 10.2. The molecular formula is C13H20N2O. The number of nitrogens with one attached hydrogen (secondary N) is 2. The van der Waals surface area contributed by atoms with Crippen LogP contribution < -0.4 is 15.4 Å². The highest BCUT2D eigenvalue weighted by Crippen LogP contribution is 2.35. The lowest BCUT2D eigenvalue weighted by molar-refractivity contribution is 0.244. The molecule has 2 N–H and O–H groups in total. The Morgan fingerprint density at radius 2 is 2.19 bits per heavy atom. The van der Waals surface area contributed by atoms with Gasteiger partial charge in [-0.3, -0.25) is 0 Å². The maximum Gasteiger partial charge on any atom is 0.144 e. The molecule has 0 amide bonds. The Morgan fingerprint density at radius 3 is 2.94 bits per heavy atom. The van der Waals surface area contributed by atoms with Gasteiger partial charge in [-0.2, -0.15) is 0 Å². The predicted octanol–water partition coefficient (Wildman–Crippen LogP) is 3.09. The minimum Gasteiger partial charge on any atom is -0.489 e. The van der Waals surface area contributed by atoms with E-state index in [0.29, 0.717) is 6.04 Å². The Labute approximate surface area is 97.2 Å². The highest BCUT2D eigenvalue weighted by Gasteiger charge is 2.15. The van der Waals surface area contributed by atoms with E-state index in [1.807, 2.05) is 26.0 Å². The molecule has 0 spiro atoms. The van der Waals surface area contributed by atoms with Crippen LogP contribution in [0.15, 0.2) is 18.2 Å². The van der Waals surface area contributed by atoms with Gasteiger partial charge in [-0.15, -0.1) is 0 Å². The molecule has 1 heterocycles. The van der Waals surface area contributed by atoms with E-state index in [4.69, 9.17) is 4.74 Å². The van der Waals surface area contributed by atoms with Crippen molar-refractivity contribution in [1.82, 2.24) is 0 Å². The van der Waals surface area contributed by atoms with Crippen LogP contribution in [0.4, 0.5) is 11.4 Å². The lowest BCUT2D eigenvalue weighted by atomic mass is 10.2. The van der Waals surface area contributed by atoms with Gasteiger partial charge in [-0.1, -0.05) is 6.07 Å². The van der Waals surface area contributed by atoms with Gasteiger partial charge in [0.1, 0.15) is 11.4 Å². The zero-order chi connectivity index (χ0) is 11.5. The Balaban J connectivity index is 2.31. The molecule has 0 radical (unpaired) electrons. The average molecular weight is 220 g/mol. The van der Waals surface area contributed by atoms with Crippen molar-refractivity contribution in [2.24, 2.45) is 0 Å². The molecule has 2 rings (SSSR count). The topological polar surface area (TPSA) is 33.3 Å². The van der Waals surface area contributed by atoms with E-state index in [1.165, 1.54) is 0 Å². The summed E-state index contributed by atoms with van der Waals surface area (Å²) in [7, 11) is 0. The molecule has 0 saturated heterocycles. The summed E-state index contributed by atoms with van der Waals surface area (Å²) >= 11 is 0. The van der Waals surface area contributed by atoms with E-state index in [9.17, 15) is 0 Å². The van der Waals surface area contributed by atoms with E-state index < -0.39 is 0 Å². The molecule has 0 aromatic heterocycles. The molecule has 3 heteroatoms. The maximum absolute atomic E-state index is 5.80. The fourth-order valence-electron chi connectivity index (χ4n) is 1.94. The van der Waals surface area contributed by atoms with E-state index in [0.717, 1.165) is 30.1 Å². The smallest absolute Gasteiger partial charge is 0.144 e. The van der Waals surface area contributed by atoms with E-state index in [2.05, 4.69) is 23.6 Å². The van der Waals surface area contributed by atoms with E-state index >= 15 is 0 Å². The van der Waals surface area contributed by atoms with Crippen LogP contribution in [0.1, 0.15) is 27.2 Å². The molecule has 0 aliphatic carbocycles. The minimum absolute atomic E-state index is 0.203. The Bertz CT molecular complexity index is 363. The van der Waals surface area contributed by atoms with Crippen molar-refractivity contribution in [3.05, 3.63) is 18.2 Å². The molecule has 1 aromatic rings. The highest BCUT2D eigenvalue weighted by atomic mass is 16.5. The molecule has 0 bridgehead atoms. The standard InChI is InChI=1S/C13H20N2O/c1-9(2)16-12-6-4-5-11-13(12)14-8-7-10(3)15-11/h4-6,9-10,14-15H,7-8H2,1-3H3. The number of hydrogen-bond acceptors (Lipinski definition) is 3. The molecule has 1 atom stereocenters. The van der Waals surface area contributed by atoms with Crippen LogP contribution in [0.2, 0.25) is 0 Å². The van der Waals surface area contributed by atoms with Gasteiger partial charge in [0.15, 0.2) is 0 Å². The maximum atomic E-state index is 5.80. The Morgan fingerprint density at radius 1 is 1.38 bits per heavy atom. The van der Waals surface area contributed by atoms with Gasteiger partial charge in [0.25, 0.3) is 0 Å². The van der Waals surface area contributed by atoms with Crippen LogP contribution >= 0.6 is 0 Å². The summed E-state index contributed by atoms with van der Waals surface area (Å²) in [5.41, 5.74) is 2.24. The molecule has 1 unspecified atom stereocenters. The number of para-hydroxylation sites is 1. The molecule has 1 aromatic carbocycles. The van der Waals surface area contributed by atoms with E-state index in [-0.39, 0.29) is 6.10 Å². The quantitative estimate of drug-likeness (QED) is 0.803. The summed E-state index contributed by atoms with van der Waals surface area (Å²) in [4.78, 5) is 0. The lowest BCUT2D eigenvalue weighted by Crippen LogP contribution is -2.14. The number of anilines is 2. The van der Waals surface area contributed by atoms with Crippen molar-refractivity contribution >= 4 is 11.4 Å². The Hall–Kier alpha value is -1.38. The normalized spacial score (nSPS) is 19.4. The number of benzene rings is 1. The largest absolute Gasteiger partial charge is 0.489 e. The molecule has 16 heavy (non-hydrogen) atoms. The molecule has 1 aliphatic heterocycles. The van der Waals surface area contributed by atoms with Gasteiger partial charge in [-0.05, 0) is 39.3 Å². The van der Waals surface area contributed by atoms with Crippen molar-refractivity contribution in [3.8, 4) is 5.75 Å². The monoisotopic (exact) mass is 220 g/mol. The fraction of sp³-hybridized carbons (Fsp3) is 0.538. The molecule has 1 aliphatic rings. The first-order valence-corrected chi connectivity index (χ1v) is 5.97. The van der Waals surface area contributed by atoms with Crippen LogP contribution in [0, 0.1) is 0 Å². The third-order valence-corrected chi connectivity index (χ3v) is 2.67. The molecule has 3 nitrogen and oxygen atoms in total. The number of rotatable bonds is 2. The number of hydrogen-bond donors (Lipinski definition) is 2.